The Balaban J connectivity index is 2.30. The van der Waals surface area contributed by atoms with Crippen molar-refractivity contribution in [1.82, 2.24) is 0 Å². The molecule has 1 rings (SSSR count). The van der Waals surface area contributed by atoms with Gasteiger partial charge in [-0.15, -0.1) is 6.42 Å². The van der Waals surface area contributed by atoms with E-state index in [1.165, 1.54) is 0 Å². The number of hydrogen-bond donors (Lipinski definition) is 1. The molecule has 4 nitrogen and oxygen atoms in total. The van der Waals surface area contributed by atoms with Crippen LogP contribution in [0.2, 0.25) is 0 Å². The predicted octanol–water partition coefficient (Wildman–Crippen LogP) is 0.706. The summed E-state index contributed by atoms with van der Waals surface area (Å²) in [5, 5.41) is 10.0. The van der Waals surface area contributed by atoms with Crippen molar-refractivity contribution < 1.29 is 19.3 Å². The zero-order valence-electron chi connectivity index (χ0n) is 9.52. The molecule has 0 radical (unpaired) electrons. The van der Waals surface area contributed by atoms with Gasteiger partial charge < -0.3 is 19.3 Å². The van der Waals surface area contributed by atoms with Crippen molar-refractivity contribution in [2.24, 2.45) is 0 Å². The van der Waals surface area contributed by atoms with Gasteiger partial charge in [-0.2, -0.15) is 0 Å². The predicted molar refractivity (Wildman–Crippen MR) is 59.7 cm³/mol. The molecule has 0 heterocycles. The fourth-order valence-corrected chi connectivity index (χ4v) is 1.52. The molecule has 0 aromatic heterocycles. The lowest BCUT2D eigenvalue weighted by Gasteiger charge is -2.31. The number of allylic oxidation sites excluding steroid dienone is 1. The summed E-state index contributed by atoms with van der Waals surface area (Å²) in [5.41, 5.74) is -1.30. The molecule has 0 spiro atoms. The van der Waals surface area contributed by atoms with E-state index in [-0.39, 0.29) is 6.79 Å². The van der Waals surface area contributed by atoms with E-state index < -0.39 is 11.7 Å². The van der Waals surface area contributed by atoms with Gasteiger partial charge in [0.05, 0.1) is 13.2 Å². The molecule has 0 aromatic carbocycles. The zero-order chi connectivity index (χ0) is 11.9. The quantitative estimate of drug-likeness (QED) is 0.313. The lowest BCUT2D eigenvalue weighted by atomic mass is 9.89. The highest BCUT2D eigenvalue weighted by Gasteiger charge is 2.34. The second-order valence-corrected chi connectivity index (χ2v) is 3.62. The summed E-state index contributed by atoms with van der Waals surface area (Å²) in [6.45, 7) is 1.10. The summed E-state index contributed by atoms with van der Waals surface area (Å²) in [7, 11) is 1.60. The number of aliphatic hydroxyl groups is 1. The highest BCUT2D eigenvalue weighted by Crippen LogP contribution is 2.24. The average Bonchev–Trinajstić information content (AvgIpc) is 2.31. The topological polar surface area (TPSA) is 47.9 Å². The average molecular weight is 226 g/mol. The minimum atomic E-state index is -1.30. The maximum Gasteiger partial charge on any atom is 0.170 e. The Hall–Kier alpha value is -0.860. The molecule has 0 aliphatic heterocycles. The van der Waals surface area contributed by atoms with Crippen LogP contribution < -0.4 is 0 Å². The summed E-state index contributed by atoms with van der Waals surface area (Å²) in [6, 6.07) is 0. The summed E-state index contributed by atoms with van der Waals surface area (Å²) in [6.07, 6.45) is 9.92. The fraction of sp³-hybridized carbons (Fsp3) is 0.667. The summed E-state index contributed by atoms with van der Waals surface area (Å²) in [4.78, 5) is 0. The van der Waals surface area contributed by atoms with E-state index in [4.69, 9.17) is 20.6 Å². The van der Waals surface area contributed by atoms with Gasteiger partial charge in [0.2, 0.25) is 0 Å². The first kappa shape index (κ1) is 13.2. The van der Waals surface area contributed by atoms with E-state index >= 15 is 0 Å². The molecular weight excluding hydrogens is 208 g/mol. The minimum Gasteiger partial charge on any atom is -0.382 e. The largest absolute Gasteiger partial charge is 0.382 e. The first-order valence-electron chi connectivity index (χ1n) is 5.29. The van der Waals surface area contributed by atoms with Gasteiger partial charge in [-0.05, 0) is 18.9 Å². The number of terminal acetylenes is 1. The molecule has 0 unspecified atom stereocenters. The third kappa shape index (κ3) is 3.62. The van der Waals surface area contributed by atoms with Crippen LogP contribution >= 0.6 is 0 Å². The van der Waals surface area contributed by atoms with Crippen LogP contribution in [0.15, 0.2) is 12.2 Å². The second-order valence-electron chi connectivity index (χ2n) is 3.62. The monoisotopic (exact) mass is 226 g/mol. The van der Waals surface area contributed by atoms with Crippen LogP contribution in [0, 0.1) is 12.3 Å². The number of hydrogen-bond acceptors (Lipinski definition) is 4. The maximum atomic E-state index is 10.0. The number of ether oxygens (including phenoxy) is 3. The summed E-state index contributed by atoms with van der Waals surface area (Å²) < 4.78 is 15.4. The lowest BCUT2D eigenvalue weighted by Crippen LogP contribution is -2.43. The third-order valence-corrected chi connectivity index (χ3v) is 2.47. The second kappa shape index (κ2) is 6.66. The van der Waals surface area contributed by atoms with Crippen LogP contribution in [0.1, 0.15) is 12.8 Å². The molecule has 1 aliphatic carbocycles. The van der Waals surface area contributed by atoms with E-state index in [1.54, 1.807) is 13.2 Å². The number of methoxy groups -OCH3 is 1. The standard InChI is InChI=1S/C12H18O4/c1-3-12(13)7-5-4-6-11(12)16-10-15-9-8-14-2/h1,5,7,11,13H,4,6,8-10H2,2H3/t11-,12-/m1/s1. The summed E-state index contributed by atoms with van der Waals surface area (Å²) in [5.74, 6) is 2.35. The van der Waals surface area contributed by atoms with E-state index in [0.717, 1.165) is 6.42 Å². The molecule has 0 amide bonds. The zero-order valence-corrected chi connectivity index (χ0v) is 9.52. The SMILES string of the molecule is C#C[C@@]1(O)C=CCC[C@H]1OCOCCOC. The molecule has 90 valence electrons. The van der Waals surface area contributed by atoms with Crippen LogP contribution in [-0.4, -0.2) is 43.9 Å². The van der Waals surface area contributed by atoms with Gasteiger partial charge in [-0.3, -0.25) is 0 Å². The van der Waals surface area contributed by atoms with Gasteiger partial charge in [-0.25, -0.2) is 0 Å². The van der Waals surface area contributed by atoms with Crippen molar-refractivity contribution in [2.45, 2.75) is 24.5 Å². The van der Waals surface area contributed by atoms with Gasteiger partial charge in [0.15, 0.2) is 5.60 Å². The maximum absolute atomic E-state index is 10.0. The normalized spacial score (nSPS) is 28.9. The van der Waals surface area contributed by atoms with Crippen molar-refractivity contribution in [1.29, 1.82) is 0 Å². The van der Waals surface area contributed by atoms with Gasteiger partial charge in [0, 0.05) is 7.11 Å². The van der Waals surface area contributed by atoms with Crippen molar-refractivity contribution in [2.75, 3.05) is 27.1 Å². The molecule has 0 aromatic rings. The molecular formula is C12H18O4. The molecule has 1 aliphatic rings. The third-order valence-electron chi connectivity index (χ3n) is 2.47. The van der Waals surface area contributed by atoms with Crippen molar-refractivity contribution >= 4 is 0 Å². The van der Waals surface area contributed by atoms with Gasteiger partial charge in [-0.1, -0.05) is 12.0 Å². The molecule has 2 atom stereocenters. The summed E-state index contributed by atoms with van der Waals surface area (Å²) >= 11 is 0. The van der Waals surface area contributed by atoms with E-state index in [1.807, 2.05) is 6.08 Å². The first-order valence-corrected chi connectivity index (χ1v) is 5.29. The van der Waals surface area contributed by atoms with Crippen molar-refractivity contribution in [3.8, 4) is 12.3 Å². The van der Waals surface area contributed by atoms with Gasteiger partial charge >= 0.3 is 0 Å². The Kier molecular flexibility index (Phi) is 5.50. The number of rotatable bonds is 6. The van der Waals surface area contributed by atoms with Gasteiger partial charge in [0.1, 0.15) is 12.9 Å². The van der Waals surface area contributed by atoms with E-state index in [0.29, 0.717) is 19.6 Å². The van der Waals surface area contributed by atoms with Crippen LogP contribution in [0.5, 0.6) is 0 Å². The van der Waals surface area contributed by atoms with Crippen LogP contribution in [0.4, 0.5) is 0 Å². The van der Waals surface area contributed by atoms with Crippen LogP contribution in [-0.2, 0) is 14.2 Å². The van der Waals surface area contributed by atoms with E-state index in [2.05, 4.69) is 5.92 Å². The fourth-order valence-electron chi connectivity index (χ4n) is 1.52. The minimum absolute atomic E-state index is 0.117. The highest BCUT2D eigenvalue weighted by molar-refractivity contribution is 5.24. The molecule has 0 fully saturated rings. The Labute approximate surface area is 96.2 Å². The lowest BCUT2D eigenvalue weighted by molar-refractivity contribution is -0.139. The van der Waals surface area contributed by atoms with Crippen molar-refractivity contribution in [3.63, 3.8) is 0 Å². The molecule has 0 bridgehead atoms. The molecule has 16 heavy (non-hydrogen) atoms. The van der Waals surface area contributed by atoms with E-state index in [9.17, 15) is 5.11 Å². The highest BCUT2D eigenvalue weighted by atomic mass is 16.7. The van der Waals surface area contributed by atoms with Crippen LogP contribution in [0.25, 0.3) is 0 Å². The first-order chi connectivity index (χ1) is 7.73. The Bertz CT molecular complexity index is 269. The smallest absolute Gasteiger partial charge is 0.170 e. The molecule has 4 heteroatoms. The Morgan fingerprint density at radius 1 is 1.56 bits per heavy atom. The molecule has 0 saturated carbocycles. The Morgan fingerprint density at radius 3 is 3.06 bits per heavy atom. The van der Waals surface area contributed by atoms with Crippen molar-refractivity contribution in [3.05, 3.63) is 12.2 Å². The Morgan fingerprint density at radius 2 is 2.38 bits per heavy atom. The van der Waals surface area contributed by atoms with Crippen LogP contribution in [0.3, 0.4) is 0 Å². The van der Waals surface area contributed by atoms with Gasteiger partial charge in [0.25, 0.3) is 0 Å². The molecule has 0 saturated heterocycles. The molecule has 1 N–H and O–H groups in total.